The molecule has 7 heteroatoms. The van der Waals surface area contributed by atoms with Gasteiger partial charge >= 0.3 is 0 Å². The predicted molar refractivity (Wildman–Crippen MR) is 99.5 cm³/mol. The number of rotatable bonds is 5. The van der Waals surface area contributed by atoms with Gasteiger partial charge in [0.2, 0.25) is 11.8 Å². The normalized spacial score (nSPS) is 17.7. The highest BCUT2D eigenvalue weighted by Gasteiger charge is 2.25. The summed E-state index contributed by atoms with van der Waals surface area (Å²) in [6.45, 7) is 4.95. The topological polar surface area (TPSA) is 101 Å². The van der Waals surface area contributed by atoms with Crippen LogP contribution in [0.2, 0.25) is 0 Å². The molecule has 1 aliphatic heterocycles. The lowest BCUT2D eigenvalue weighted by molar-refractivity contribution is -0.121. The van der Waals surface area contributed by atoms with Crippen LogP contribution in [0.5, 0.6) is 0 Å². The summed E-state index contributed by atoms with van der Waals surface area (Å²) in [6, 6.07) is 6.72. The van der Waals surface area contributed by atoms with E-state index in [1.165, 1.54) is 6.20 Å². The summed E-state index contributed by atoms with van der Waals surface area (Å²) in [5.74, 6) is -0.463. The van der Waals surface area contributed by atoms with Gasteiger partial charge in [0.1, 0.15) is 0 Å². The van der Waals surface area contributed by atoms with E-state index in [0.717, 1.165) is 32.5 Å². The van der Waals surface area contributed by atoms with Gasteiger partial charge in [-0.05, 0) is 50.2 Å². The van der Waals surface area contributed by atoms with Crippen LogP contribution in [0.1, 0.15) is 30.1 Å². The number of aromatic nitrogens is 2. The lowest BCUT2D eigenvalue weighted by Crippen LogP contribution is -2.40. The molecule has 1 aliphatic rings. The summed E-state index contributed by atoms with van der Waals surface area (Å²) < 4.78 is 0. The van der Waals surface area contributed by atoms with Crippen LogP contribution in [0, 0.1) is 5.92 Å². The van der Waals surface area contributed by atoms with Crippen molar-refractivity contribution in [2.75, 3.05) is 25.0 Å². The Labute approximate surface area is 152 Å². The van der Waals surface area contributed by atoms with E-state index in [9.17, 15) is 9.59 Å². The lowest BCUT2D eigenvalue weighted by Gasteiger charge is -2.30. The number of pyridine rings is 2. The van der Waals surface area contributed by atoms with Crippen LogP contribution in [-0.4, -0.2) is 46.3 Å². The molecule has 3 rings (SSSR count). The van der Waals surface area contributed by atoms with Crippen LogP contribution in [0.4, 0.5) is 5.69 Å². The standard InChI is InChI=1S/C19H23N5O2/c1-2-24-9-3-4-14(12-24)19(26)23-15-5-6-16(22-11-15)17-10-13(18(20)25)7-8-21-17/h5-8,10-11,14H,2-4,9,12H2,1H3,(H2,20,25)(H,23,26). The summed E-state index contributed by atoms with van der Waals surface area (Å²) in [6.07, 6.45) is 5.09. The first-order valence-electron chi connectivity index (χ1n) is 8.82. The van der Waals surface area contributed by atoms with E-state index in [4.69, 9.17) is 5.73 Å². The molecule has 3 heterocycles. The van der Waals surface area contributed by atoms with E-state index in [1.807, 2.05) is 0 Å². The molecule has 2 aromatic rings. The Balaban J connectivity index is 1.67. The molecule has 3 N–H and O–H groups in total. The smallest absolute Gasteiger partial charge is 0.248 e. The minimum Gasteiger partial charge on any atom is -0.366 e. The highest BCUT2D eigenvalue weighted by atomic mass is 16.2. The Bertz CT molecular complexity index is 791. The van der Waals surface area contributed by atoms with Crippen molar-refractivity contribution in [3.05, 3.63) is 42.2 Å². The van der Waals surface area contributed by atoms with Crippen molar-refractivity contribution in [3.8, 4) is 11.4 Å². The Kier molecular flexibility index (Phi) is 5.58. The molecule has 26 heavy (non-hydrogen) atoms. The highest BCUT2D eigenvalue weighted by molar-refractivity contribution is 5.94. The summed E-state index contributed by atoms with van der Waals surface area (Å²) in [5, 5.41) is 2.94. The quantitative estimate of drug-likeness (QED) is 0.855. The molecule has 7 nitrogen and oxygen atoms in total. The average Bonchev–Trinajstić information content (AvgIpc) is 2.68. The average molecular weight is 353 g/mol. The van der Waals surface area contributed by atoms with Crippen molar-refractivity contribution in [1.82, 2.24) is 14.9 Å². The summed E-state index contributed by atoms with van der Waals surface area (Å²) >= 11 is 0. The maximum atomic E-state index is 12.5. The molecule has 0 radical (unpaired) electrons. The maximum Gasteiger partial charge on any atom is 0.248 e. The number of likely N-dealkylation sites (tertiary alicyclic amines) is 1. The van der Waals surface area contributed by atoms with Crippen LogP contribution in [0.3, 0.4) is 0 Å². The zero-order valence-electron chi connectivity index (χ0n) is 14.8. The van der Waals surface area contributed by atoms with Gasteiger partial charge in [0.25, 0.3) is 0 Å². The number of nitrogens with zero attached hydrogens (tertiary/aromatic N) is 3. The summed E-state index contributed by atoms with van der Waals surface area (Å²) in [7, 11) is 0. The zero-order chi connectivity index (χ0) is 18.5. The van der Waals surface area contributed by atoms with Gasteiger partial charge in [0.05, 0.1) is 29.2 Å². The first-order valence-corrected chi connectivity index (χ1v) is 8.82. The fraction of sp³-hybridized carbons (Fsp3) is 0.368. The van der Waals surface area contributed by atoms with Gasteiger partial charge < -0.3 is 16.0 Å². The fourth-order valence-corrected chi connectivity index (χ4v) is 3.14. The van der Waals surface area contributed by atoms with Crippen molar-refractivity contribution in [2.24, 2.45) is 11.7 Å². The number of nitrogens with one attached hydrogen (secondary N) is 1. The minimum atomic E-state index is -0.508. The van der Waals surface area contributed by atoms with Gasteiger partial charge in [-0.15, -0.1) is 0 Å². The van der Waals surface area contributed by atoms with Crippen LogP contribution < -0.4 is 11.1 Å². The highest BCUT2D eigenvalue weighted by Crippen LogP contribution is 2.20. The Morgan fingerprint density at radius 2 is 2.12 bits per heavy atom. The van der Waals surface area contributed by atoms with Crippen molar-refractivity contribution in [2.45, 2.75) is 19.8 Å². The number of carbonyl (C=O) groups is 2. The molecule has 1 unspecified atom stereocenters. The molecule has 0 saturated carbocycles. The van der Waals surface area contributed by atoms with E-state index in [2.05, 4.69) is 27.1 Å². The summed E-state index contributed by atoms with van der Waals surface area (Å²) in [4.78, 5) is 34.6. The molecule has 1 saturated heterocycles. The van der Waals surface area contributed by atoms with Gasteiger partial charge in [-0.2, -0.15) is 0 Å². The molecular weight excluding hydrogens is 330 g/mol. The number of nitrogens with two attached hydrogens (primary N) is 1. The van der Waals surface area contributed by atoms with Gasteiger partial charge in [-0.25, -0.2) is 0 Å². The van der Waals surface area contributed by atoms with Crippen LogP contribution >= 0.6 is 0 Å². The zero-order valence-corrected chi connectivity index (χ0v) is 14.8. The third-order valence-corrected chi connectivity index (χ3v) is 4.66. The maximum absolute atomic E-state index is 12.5. The number of hydrogen-bond donors (Lipinski definition) is 2. The Morgan fingerprint density at radius 3 is 2.81 bits per heavy atom. The first-order chi connectivity index (χ1) is 12.6. The molecule has 136 valence electrons. The van der Waals surface area contributed by atoms with E-state index in [0.29, 0.717) is 22.6 Å². The minimum absolute atomic E-state index is 0.0114. The molecule has 0 aromatic carbocycles. The molecule has 0 spiro atoms. The number of amides is 2. The number of anilines is 1. The summed E-state index contributed by atoms with van der Waals surface area (Å²) in [5.41, 5.74) is 7.50. The molecule has 1 fully saturated rings. The van der Waals surface area contributed by atoms with Gasteiger partial charge in [0.15, 0.2) is 0 Å². The van der Waals surface area contributed by atoms with Crippen LogP contribution in [0.25, 0.3) is 11.4 Å². The molecule has 2 aromatic heterocycles. The molecular formula is C19H23N5O2. The van der Waals surface area contributed by atoms with Crippen molar-refractivity contribution in [1.29, 1.82) is 0 Å². The largest absolute Gasteiger partial charge is 0.366 e. The van der Waals surface area contributed by atoms with Crippen molar-refractivity contribution < 1.29 is 9.59 Å². The number of carbonyl (C=O) groups excluding carboxylic acids is 2. The van der Waals surface area contributed by atoms with Crippen molar-refractivity contribution in [3.63, 3.8) is 0 Å². The molecule has 0 bridgehead atoms. The molecule has 2 amide bonds. The second kappa shape index (κ2) is 8.05. The fourth-order valence-electron chi connectivity index (χ4n) is 3.14. The third kappa shape index (κ3) is 4.23. The predicted octanol–water partition coefficient (Wildman–Crippen LogP) is 1.91. The SMILES string of the molecule is CCN1CCCC(C(=O)Nc2ccc(-c3cc(C(N)=O)ccn3)nc2)C1. The second-order valence-electron chi connectivity index (χ2n) is 6.45. The van der Waals surface area contributed by atoms with E-state index in [1.54, 1.807) is 30.5 Å². The van der Waals surface area contributed by atoms with Crippen LogP contribution in [0.15, 0.2) is 36.7 Å². The number of hydrogen-bond acceptors (Lipinski definition) is 5. The van der Waals surface area contributed by atoms with Crippen molar-refractivity contribution >= 4 is 17.5 Å². The monoisotopic (exact) mass is 353 g/mol. The van der Waals surface area contributed by atoms with E-state index in [-0.39, 0.29) is 11.8 Å². The number of piperidine rings is 1. The third-order valence-electron chi connectivity index (χ3n) is 4.66. The Morgan fingerprint density at radius 1 is 1.27 bits per heavy atom. The van der Waals surface area contributed by atoms with Gasteiger partial charge in [0, 0.05) is 18.3 Å². The lowest BCUT2D eigenvalue weighted by atomic mass is 9.97. The molecule has 1 atom stereocenters. The Hall–Kier alpha value is -2.80. The van der Waals surface area contributed by atoms with Crippen LogP contribution in [-0.2, 0) is 4.79 Å². The van der Waals surface area contributed by atoms with Gasteiger partial charge in [-0.3, -0.25) is 19.6 Å². The van der Waals surface area contributed by atoms with E-state index < -0.39 is 5.91 Å². The first kappa shape index (κ1) is 18.0. The second-order valence-corrected chi connectivity index (χ2v) is 6.45. The van der Waals surface area contributed by atoms with E-state index >= 15 is 0 Å². The molecule has 0 aliphatic carbocycles. The number of primary amides is 1. The van der Waals surface area contributed by atoms with Gasteiger partial charge in [-0.1, -0.05) is 6.92 Å².